The van der Waals surface area contributed by atoms with Gasteiger partial charge < -0.3 is 0 Å². The first-order valence-electron chi connectivity index (χ1n) is 11.4. The summed E-state index contributed by atoms with van der Waals surface area (Å²) in [6.45, 7) is 9.13. The number of hydrogen-bond acceptors (Lipinski definition) is 1. The molecule has 25 heavy (non-hydrogen) atoms. The van der Waals surface area contributed by atoms with Gasteiger partial charge in [0.1, 0.15) is 5.82 Å². The molecule has 0 radical (unpaired) electrons. The van der Waals surface area contributed by atoms with Crippen LogP contribution in [-0.2, 0) is 0 Å². The average Bonchev–Trinajstić information content (AvgIpc) is 3.00. The van der Waals surface area contributed by atoms with E-state index < -0.39 is 18.6 Å². The van der Waals surface area contributed by atoms with Gasteiger partial charge in [0.25, 0.3) is 0 Å². The van der Waals surface area contributed by atoms with Crippen LogP contribution in [0.3, 0.4) is 0 Å². The molecule has 2 aromatic carbocycles. The van der Waals surface area contributed by atoms with Crippen LogP contribution in [0.25, 0.3) is 21.9 Å². The topological polar surface area (TPSA) is 22.2 Å². The van der Waals surface area contributed by atoms with Gasteiger partial charge >= 0.3 is 0 Å². The van der Waals surface area contributed by atoms with Crippen LogP contribution in [0.4, 0.5) is 5.69 Å². The van der Waals surface area contributed by atoms with E-state index in [4.69, 9.17) is 16.2 Å². The smallest absolute Gasteiger partial charge is 0.187 e. The highest BCUT2D eigenvalue weighted by atomic mass is 15.1. The Morgan fingerprint density at radius 3 is 2.56 bits per heavy atom. The molecule has 3 aromatic rings. The number of imidazole rings is 1. The molecule has 1 heterocycles. The summed E-state index contributed by atoms with van der Waals surface area (Å²) in [5.74, 6) is -3.09. The standard InChI is InChI=1S/C22H23N3/c1-15(2)19-10-7-11-20(16(3)4)21(19)25-13-12-24-22(25)17-8-6-9-18(14-17)23-5/h6-16H,1-4H3/i1D3,12D,13D,15D,16D. The largest absolute Gasteiger partial charge is 0.299 e. The van der Waals surface area contributed by atoms with Crippen LogP contribution < -0.4 is 0 Å². The van der Waals surface area contributed by atoms with Crippen LogP contribution in [0.2, 0.25) is 0 Å². The van der Waals surface area contributed by atoms with Crippen molar-refractivity contribution in [3.05, 3.63) is 77.4 Å². The maximum atomic E-state index is 8.72. The van der Waals surface area contributed by atoms with Gasteiger partial charge in [0.2, 0.25) is 0 Å². The summed E-state index contributed by atoms with van der Waals surface area (Å²) in [7, 11) is 0. The van der Waals surface area contributed by atoms with Crippen molar-refractivity contribution in [2.24, 2.45) is 0 Å². The van der Waals surface area contributed by atoms with E-state index >= 15 is 0 Å². The lowest BCUT2D eigenvalue weighted by Crippen LogP contribution is -2.07. The van der Waals surface area contributed by atoms with Gasteiger partial charge in [0.15, 0.2) is 5.69 Å². The lowest BCUT2D eigenvalue weighted by atomic mass is 9.92. The fourth-order valence-electron chi connectivity index (χ4n) is 2.79. The summed E-state index contributed by atoms with van der Waals surface area (Å²) >= 11 is 0. The first-order chi connectivity index (χ1) is 14.7. The van der Waals surface area contributed by atoms with Crippen molar-refractivity contribution in [1.82, 2.24) is 9.55 Å². The van der Waals surface area contributed by atoms with Crippen molar-refractivity contribution < 1.29 is 9.60 Å². The molecule has 0 bridgehead atoms. The maximum Gasteiger partial charge on any atom is 0.187 e. The monoisotopic (exact) mass is 336 g/mol. The molecule has 0 amide bonds. The van der Waals surface area contributed by atoms with Crippen molar-refractivity contribution in [3.63, 3.8) is 0 Å². The molecule has 3 nitrogen and oxygen atoms in total. The molecule has 0 spiro atoms. The second-order valence-corrected chi connectivity index (χ2v) is 5.98. The number of para-hydroxylation sites is 1. The predicted molar refractivity (Wildman–Crippen MR) is 103 cm³/mol. The van der Waals surface area contributed by atoms with Gasteiger partial charge in [-0.25, -0.2) is 9.83 Å². The Morgan fingerprint density at radius 1 is 1.16 bits per heavy atom. The van der Waals surface area contributed by atoms with Gasteiger partial charge in [-0.05, 0) is 29.0 Å². The van der Waals surface area contributed by atoms with Crippen LogP contribution in [0.1, 0.15) is 60.1 Å². The van der Waals surface area contributed by atoms with E-state index in [2.05, 4.69) is 9.83 Å². The third-order valence-electron chi connectivity index (χ3n) is 3.97. The number of hydrogen-bond donors (Lipinski definition) is 0. The first kappa shape index (κ1) is 10.2. The summed E-state index contributed by atoms with van der Waals surface area (Å²) in [6.07, 6.45) is -0.634. The number of aromatic nitrogens is 2. The lowest BCUT2D eigenvalue weighted by molar-refractivity contribution is 0.807. The van der Waals surface area contributed by atoms with Gasteiger partial charge in [-0.1, -0.05) is 64.0 Å². The van der Waals surface area contributed by atoms with Gasteiger partial charge in [-0.3, -0.25) is 4.57 Å². The van der Waals surface area contributed by atoms with Crippen LogP contribution in [-0.4, -0.2) is 9.55 Å². The van der Waals surface area contributed by atoms with Gasteiger partial charge in [-0.15, -0.1) is 0 Å². The molecule has 0 aliphatic heterocycles. The van der Waals surface area contributed by atoms with Crippen molar-refractivity contribution in [2.45, 2.75) is 39.4 Å². The molecule has 0 saturated carbocycles. The Bertz CT molecular complexity index is 1210. The second-order valence-electron chi connectivity index (χ2n) is 5.98. The predicted octanol–water partition coefficient (Wildman–Crippen LogP) is 6.34. The van der Waals surface area contributed by atoms with E-state index in [0.29, 0.717) is 16.8 Å². The van der Waals surface area contributed by atoms with Gasteiger partial charge in [-0.2, -0.15) is 0 Å². The van der Waals surface area contributed by atoms with E-state index in [-0.39, 0.29) is 29.4 Å². The minimum atomic E-state index is -2.69. The summed E-state index contributed by atoms with van der Waals surface area (Å²) in [5, 5.41) is 0. The summed E-state index contributed by atoms with van der Waals surface area (Å²) in [6, 6.07) is 11.3. The molecule has 1 unspecified atom stereocenters. The maximum absolute atomic E-state index is 8.72. The number of nitrogens with zero attached hydrogens (tertiary/aromatic N) is 3. The van der Waals surface area contributed by atoms with E-state index in [9.17, 15) is 0 Å². The van der Waals surface area contributed by atoms with E-state index in [1.54, 1.807) is 50.2 Å². The molecule has 3 heteroatoms. The normalized spacial score (nSPS) is 18.4. The summed E-state index contributed by atoms with van der Waals surface area (Å²) in [5.41, 5.74) is 1.49. The molecule has 1 aromatic heterocycles. The molecule has 0 saturated heterocycles. The summed E-state index contributed by atoms with van der Waals surface area (Å²) < 4.78 is 59.2. The van der Waals surface area contributed by atoms with Crippen molar-refractivity contribution in [3.8, 4) is 17.1 Å². The zero-order chi connectivity index (χ0) is 24.1. The minimum absolute atomic E-state index is 0.101. The molecule has 0 aliphatic carbocycles. The van der Waals surface area contributed by atoms with Crippen LogP contribution in [0.15, 0.2) is 54.8 Å². The minimum Gasteiger partial charge on any atom is -0.299 e. The number of benzene rings is 2. The Hall–Kier alpha value is -2.86. The molecule has 0 aliphatic rings. The highest BCUT2D eigenvalue weighted by molar-refractivity contribution is 5.66. The highest BCUT2D eigenvalue weighted by Gasteiger charge is 2.18. The van der Waals surface area contributed by atoms with Crippen molar-refractivity contribution >= 4 is 5.69 Å². The fraction of sp³-hybridized carbons (Fsp3) is 0.273. The Balaban J connectivity index is 2.49. The quantitative estimate of drug-likeness (QED) is 0.510. The average molecular weight is 336 g/mol. The highest BCUT2D eigenvalue weighted by Crippen LogP contribution is 2.34. The third kappa shape index (κ3) is 3.21. The SMILES string of the molecule is [2H]c1nc(-c2cccc([N+]#[C-])c2)n(-c2c(C([2H])(C)C)cccc2C([2H])(C)C([2H])([2H])[2H])c1[2H]. The van der Waals surface area contributed by atoms with Crippen LogP contribution in [0.5, 0.6) is 0 Å². The second kappa shape index (κ2) is 6.94. The van der Waals surface area contributed by atoms with E-state index in [1.165, 1.54) is 17.6 Å². The van der Waals surface area contributed by atoms with Gasteiger partial charge in [0.05, 0.1) is 15.0 Å². The summed E-state index contributed by atoms with van der Waals surface area (Å²) in [4.78, 5) is 7.64. The molecular formula is C22H23N3. The van der Waals surface area contributed by atoms with Crippen LogP contribution >= 0.6 is 0 Å². The van der Waals surface area contributed by atoms with Crippen LogP contribution in [0, 0.1) is 6.57 Å². The van der Waals surface area contributed by atoms with Crippen molar-refractivity contribution in [2.75, 3.05) is 0 Å². The molecule has 126 valence electrons. The van der Waals surface area contributed by atoms with E-state index in [0.717, 1.165) is 0 Å². The first-order valence-corrected chi connectivity index (χ1v) is 7.88. The van der Waals surface area contributed by atoms with Gasteiger partial charge in [0, 0.05) is 24.8 Å². The lowest BCUT2D eigenvalue weighted by Gasteiger charge is -2.21. The number of rotatable bonds is 4. The fourth-order valence-corrected chi connectivity index (χ4v) is 2.79. The zero-order valence-corrected chi connectivity index (χ0v) is 14.4. The third-order valence-corrected chi connectivity index (χ3v) is 3.97. The zero-order valence-electron chi connectivity index (χ0n) is 21.4. The molecular weight excluding hydrogens is 306 g/mol. The Morgan fingerprint density at radius 2 is 1.88 bits per heavy atom. The Labute approximate surface area is 159 Å². The Kier molecular flexibility index (Phi) is 2.83. The molecule has 1 atom stereocenters. The van der Waals surface area contributed by atoms with E-state index in [1.807, 2.05) is 0 Å². The molecule has 0 fully saturated rings. The molecule has 3 rings (SSSR count). The van der Waals surface area contributed by atoms with Crippen molar-refractivity contribution in [1.29, 1.82) is 0 Å². The molecule has 0 N–H and O–H groups in total.